The van der Waals surface area contributed by atoms with Crippen LogP contribution in [0.25, 0.3) is 0 Å². The van der Waals surface area contributed by atoms with E-state index in [9.17, 15) is 4.79 Å². The van der Waals surface area contributed by atoms with Crippen molar-refractivity contribution >= 4 is 11.6 Å². The van der Waals surface area contributed by atoms with Crippen LogP contribution in [0.5, 0.6) is 5.75 Å². The number of aromatic nitrogens is 1. The van der Waals surface area contributed by atoms with E-state index in [1.807, 2.05) is 36.4 Å². The van der Waals surface area contributed by atoms with Gasteiger partial charge in [-0.25, -0.2) is 4.98 Å². The summed E-state index contributed by atoms with van der Waals surface area (Å²) in [6, 6.07) is 13.7. The molecule has 1 aromatic heterocycles. The highest BCUT2D eigenvalue weighted by atomic mass is 16.5. The lowest BCUT2D eigenvalue weighted by atomic mass is 9.95. The molecule has 1 fully saturated rings. The number of para-hydroxylation sites is 2. The van der Waals surface area contributed by atoms with Crippen molar-refractivity contribution < 1.29 is 9.53 Å². The number of fused-ring (bicyclic) bond motifs is 1. The Hall–Kier alpha value is -3.07. The number of rotatable bonds is 4. The van der Waals surface area contributed by atoms with E-state index in [1.165, 1.54) is 19.3 Å². The van der Waals surface area contributed by atoms with Crippen LogP contribution in [0, 0.1) is 11.3 Å². The minimum absolute atomic E-state index is 0.0376. The van der Waals surface area contributed by atoms with Gasteiger partial charge in [-0.1, -0.05) is 37.5 Å². The van der Waals surface area contributed by atoms with Gasteiger partial charge in [-0.15, -0.1) is 0 Å². The molecule has 0 spiro atoms. The first-order valence-electron chi connectivity index (χ1n) is 9.89. The van der Waals surface area contributed by atoms with Crippen molar-refractivity contribution in [3.8, 4) is 11.8 Å². The van der Waals surface area contributed by atoms with Crippen LogP contribution in [-0.4, -0.2) is 29.6 Å². The molecular formula is C22H24N4O2. The quantitative estimate of drug-likeness (QED) is 0.887. The van der Waals surface area contributed by atoms with Crippen molar-refractivity contribution in [2.45, 2.75) is 50.8 Å². The molecule has 0 bridgehead atoms. The van der Waals surface area contributed by atoms with Gasteiger partial charge in [0, 0.05) is 18.8 Å². The van der Waals surface area contributed by atoms with Crippen LogP contribution < -0.4 is 15.0 Å². The van der Waals surface area contributed by atoms with Crippen LogP contribution in [0.4, 0.5) is 5.69 Å². The number of carbonyl (C=O) groups is 1. The normalized spacial score (nSPS) is 19.2. The maximum absolute atomic E-state index is 12.8. The lowest BCUT2D eigenvalue weighted by molar-refractivity contribution is -0.128. The Morgan fingerprint density at radius 3 is 2.79 bits per heavy atom. The van der Waals surface area contributed by atoms with Gasteiger partial charge in [-0.05, 0) is 36.6 Å². The molecule has 2 aliphatic rings. The molecule has 1 aromatic carbocycles. The number of benzene rings is 1. The minimum Gasteiger partial charge on any atom is -0.477 e. The average Bonchev–Trinajstić information content (AvgIpc) is 2.75. The lowest BCUT2D eigenvalue weighted by Gasteiger charge is -2.36. The monoisotopic (exact) mass is 376 g/mol. The van der Waals surface area contributed by atoms with E-state index < -0.39 is 6.10 Å². The van der Waals surface area contributed by atoms with Crippen molar-refractivity contribution in [3.05, 3.63) is 53.9 Å². The molecule has 0 radical (unpaired) electrons. The van der Waals surface area contributed by atoms with Gasteiger partial charge in [0.2, 0.25) is 0 Å². The molecule has 4 rings (SSSR count). The first-order chi connectivity index (χ1) is 13.7. The zero-order valence-corrected chi connectivity index (χ0v) is 15.8. The van der Waals surface area contributed by atoms with Gasteiger partial charge < -0.3 is 15.0 Å². The smallest absolute Gasteiger partial charge is 0.263 e. The summed E-state index contributed by atoms with van der Waals surface area (Å²) in [5.74, 6) is 0.684. The summed E-state index contributed by atoms with van der Waals surface area (Å²) in [5, 5.41) is 12.1. The Labute approximate surface area is 165 Å². The fourth-order valence-electron chi connectivity index (χ4n) is 3.94. The summed E-state index contributed by atoms with van der Waals surface area (Å²) in [6.45, 7) is 1.09. The van der Waals surface area contributed by atoms with E-state index in [1.54, 1.807) is 12.3 Å². The number of nitrogens with zero attached hydrogens (tertiary/aromatic N) is 3. The second kappa shape index (κ2) is 8.30. The largest absolute Gasteiger partial charge is 0.477 e. The molecule has 144 valence electrons. The molecule has 1 aliphatic heterocycles. The molecular weight excluding hydrogens is 352 g/mol. The van der Waals surface area contributed by atoms with Gasteiger partial charge in [0.05, 0.1) is 12.2 Å². The topological polar surface area (TPSA) is 78.2 Å². The number of anilines is 1. The third kappa shape index (κ3) is 4.09. The zero-order chi connectivity index (χ0) is 19.3. The van der Waals surface area contributed by atoms with E-state index in [0.29, 0.717) is 18.8 Å². The molecule has 1 atom stereocenters. The third-order valence-corrected chi connectivity index (χ3v) is 5.42. The summed E-state index contributed by atoms with van der Waals surface area (Å²) in [7, 11) is 0. The van der Waals surface area contributed by atoms with Gasteiger partial charge >= 0.3 is 0 Å². The SMILES string of the molecule is N#Cc1ccc(CN2CC(C(=O)NC3CCCCC3)Oc3ccccc32)cn1. The summed E-state index contributed by atoms with van der Waals surface area (Å²) < 4.78 is 6.03. The molecule has 0 saturated heterocycles. The van der Waals surface area contributed by atoms with Crippen LogP contribution >= 0.6 is 0 Å². The summed E-state index contributed by atoms with van der Waals surface area (Å²) in [4.78, 5) is 19.1. The van der Waals surface area contributed by atoms with Gasteiger partial charge in [-0.3, -0.25) is 4.79 Å². The second-order valence-electron chi connectivity index (χ2n) is 7.46. The molecule has 2 aromatic rings. The Bertz CT molecular complexity index is 869. The highest BCUT2D eigenvalue weighted by Crippen LogP contribution is 2.34. The number of amides is 1. The number of pyridine rings is 1. The Kier molecular flexibility index (Phi) is 5.43. The number of ether oxygens (including phenoxy) is 1. The van der Waals surface area contributed by atoms with E-state index in [2.05, 4.69) is 15.2 Å². The van der Waals surface area contributed by atoms with Crippen LogP contribution in [0.1, 0.15) is 43.4 Å². The lowest BCUT2D eigenvalue weighted by Crippen LogP contribution is -2.51. The Morgan fingerprint density at radius 2 is 2.04 bits per heavy atom. The van der Waals surface area contributed by atoms with Gasteiger partial charge in [0.15, 0.2) is 6.10 Å². The number of hydrogen-bond acceptors (Lipinski definition) is 5. The van der Waals surface area contributed by atoms with Crippen molar-refractivity contribution in [2.24, 2.45) is 0 Å². The van der Waals surface area contributed by atoms with Crippen molar-refractivity contribution in [2.75, 3.05) is 11.4 Å². The highest BCUT2D eigenvalue weighted by molar-refractivity contribution is 5.83. The molecule has 1 saturated carbocycles. The predicted octanol–water partition coefficient (Wildman–Crippen LogP) is 3.17. The first-order valence-corrected chi connectivity index (χ1v) is 9.89. The first kappa shape index (κ1) is 18.3. The molecule has 1 unspecified atom stereocenters. The summed E-state index contributed by atoms with van der Waals surface area (Å²) >= 11 is 0. The molecule has 1 N–H and O–H groups in total. The van der Waals surface area contributed by atoms with Gasteiger partial charge in [0.25, 0.3) is 5.91 Å². The minimum atomic E-state index is -0.539. The standard InChI is InChI=1S/C22H24N4O2/c23-12-18-11-10-16(13-24-18)14-26-15-21(28-20-9-5-4-8-19(20)26)22(27)25-17-6-2-1-3-7-17/h4-5,8-11,13,17,21H,1-3,6-7,14-15H2,(H,25,27). The van der Waals surface area contributed by atoms with Crippen LogP contribution in [0.3, 0.4) is 0 Å². The number of hydrogen-bond donors (Lipinski definition) is 1. The van der Waals surface area contributed by atoms with Gasteiger partial charge in [0.1, 0.15) is 17.5 Å². The van der Waals surface area contributed by atoms with E-state index in [0.717, 1.165) is 29.8 Å². The van der Waals surface area contributed by atoms with Gasteiger partial charge in [-0.2, -0.15) is 5.26 Å². The molecule has 1 aliphatic carbocycles. The average molecular weight is 376 g/mol. The van der Waals surface area contributed by atoms with E-state index in [-0.39, 0.29) is 11.9 Å². The fourth-order valence-corrected chi connectivity index (χ4v) is 3.94. The molecule has 28 heavy (non-hydrogen) atoms. The number of carbonyl (C=O) groups excluding carboxylic acids is 1. The maximum atomic E-state index is 12.8. The maximum Gasteiger partial charge on any atom is 0.263 e. The fraction of sp³-hybridized carbons (Fsp3) is 0.409. The predicted molar refractivity (Wildman–Crippen MR) is 106 cm³/mol. The van der Waals surface area contributed by atoms with E-state index >= 15 is 0 Å². The van der Waals surface area contributed by atoms with Crippen molar-refractivity contribution in [3.63, 3.8) is 0 Å². The van der Waals surface area contributed by atoms with Crippen molar-refractivity contribution in [1.29, 1.82) is 5.26 Å². The Morgan fingerprint density at radius 1 is 1.21 bits per heavy atom. The van der Waals surface area contributed by atoms with Crippen molar-refractivity contribution in [1.82, 2.24) is 10.3 Å². The molecule has 2 heterocycles. The van der Waals surface area contributed by atoms with Crippen LogP contribution in [0.15, 0.2) is 42.6 Å². The summed E-state index contributed by atoms with van der Waals surface area (Å²) in [6.07, 6.45) is 6.89. The molecule has 6 nitrogen and oxygen atoms in total. The Balaban J connectivity index is 1.50. The summed E-state index contributed by atoms with van der Waals surface area (Å²) in [5.41, 5.74) is 2.35. The molecule has 1 amide bonds. The zero-order valence-electron chi connectivity index (χ0n) is 15.8. The van der Waals surface area contributed by atoms with Crippen LogP contribution in [-0.2, 0) is 11.3 Å². The second-order valence-corrected chi connectivity index (χ2v) is 7.46. The molecule has 6 heteroatoms. The number of nitrogens with one attached hydrogen (secondary N) is 1. The van der Waals surface area contributed by atoms with Crippen LogP contribution in [0.2, 0.25) is 0 Å². The van der Waals surface area contributed by atoms with E-state index in [4.69, 9.17) is 10.00 Å². The highest BCUT2D eigenvalue weighted by Gasteiger charge is 2.32. The third-order valence-electron chi connectivity index (χ3n) is 5.42. The number of nitriles is 1.